The van der Waals surface area contributed by atoms with Gasteiger partial charge in [0, 0.05) is 30.3 Å². The van der Waals surface area contributed by atoms with Gasteiger partial charge in [0.25, 0.3) is 0 Å². The molecule has 4 heterocycles. The van der Waals surface area contributed by atoms with E-state index < -0.39 is 5.82 Å². The fraction of sp³-hybridized carbons (Fsp3) is 0.364. The number of rotatable bonds is 4. The van der Waals surface area contributed by atoms with Crippen LogP contribution in [0.3, 0.4) is 0 Å². The molecule has 35 heavy (non-hydrogen) atoms. The minimum atomic E-state index is -0.662. The van der Waals surface area contributed by atoms with Crippen LogP contribution in [0, 0.1) is 5.82 Å². The fourth-order valence-electron chi connectivity index (χ4n) is 3.98. The van der Waals surface area contributed by atoms with Crippen LogP contribution in [0.4, 0.5) is 16.2 Å². The first-order chi connectivity index (χ1) is 14.8. The summed E-state index contributed by atoms with van der Waals surface area (Å²) in [6.45, 7) is 6.31. The van der Waals surface area contributed by atoms with Crippen LogP contribution >= 0.6 is 49.6 Å². The van der Waals surface area contributed by atoms with Gasteiger partial charge in [0.1, 0.15) is 11.4 Å². The van der Waals surface area contributed by atoms with E-state index in [4.69, 9.17) is 11.5 Å². The van der Waals surface area contributed by atoms with Gasteiger partial charge in [-0.05, 0) is 57.5 Å². The number of likely N-dealkylation sites (tertiary alicyclic amines) is 1. The van der Waals surface area contributed by atoms with Gasteiger partial charge in [0.2, 0.25) is 5.95 Å². The molecule has 4 rings (SSSR count). The van der Waals surface area contributed by atoms with Gasteiger partial charge >= 0.3 is 0 Å². The Kier molecular flexibility index (Phi) is 12.9. The molecule has 1 atom stereocenters. The maximum Gasteiger partial charge on any atom is 0.220 e. The Morgan fingerprint density at radius 3 is 2.43 bits per heavy atom. The van der Waals surface area contributed by atoms with Crippen molar-refractivity contribution in [3.05, 3.63) is 42.0 Å². The monoisotopic (exact) mass is 567 g/mol. The number of aromatic hydroxyl groups is 1. The summed E-state index contributed by atoms with van der Waals surface area (Å²) in [4.78, 5) is 19.4. The Bertz CT molecular complexity index is 1120. The number of piperidine rings is 1. The Labute approximate surface area is 228 Å². The first-order valence-electron chi connectivity index (χ1n) is 10.3. The first kappa shape index (κ1) is 32.8. The Hall–Kier alpha value is -2.17. The SMILES string of the molecule is CC(C)N1CCCC(c2cc(-c3nc(-c4ccnc(N)c4F)ccc3O)nc(N)n2)C1.Cl.Cl.Cl.Cl. The molecule has 1 aliphatic heterocycles. The van der Waals surface area contributed by atoms with Crippen molar-refractivity contribution in [2.24, 2.45) is 0 Å². The van der Waals surface area contributed by atoms with Crippen LogP contribution in [0.5, 0.6) is 5.75 Å². The summed E-state index contributed by atoms with van der Waals surface area (Å²) in [5, 5.41) is 10.5. The molecule has 0 bridgehead atoms. The van der Waals surface area contributed by atoms with Crippen LogP contribution in [0.25, 0.3) is 22.6 Å². The zero-order valence-electron chi connectivity index (χ0n) is 19.2. The maximum atomic E-state index is 14.5. The van der Waals surface area contributed by atoms with E-state index in [2.05, 4.69) is 38.7 Å². The minimum Gasteiger partial charge on any atom is -0.506 e. The average molecular weight is 569 g/mol. The molecule has 0 spiro atoms. The zero-order chi connectivity index (χ0) is 22.1. The molecule has 1 fully saturated rings. The molecule has 0 aliphatic carbocycles. The number of nitrogen functional groups attached to an aromatic ring is 2. The topological polar surface area (TPSA) is 127 Å². The summed E-state index contributed by atoms with van der Waals surface area (Å²) in [5.41, 5.74) is 13.5. The third-order valence-electron chi connectivity index (χ3n) is 5.67. The molecule has 0 saturated carbocycles. The summed E-state index contributed by atoms with van der Waals surface area (Å²) in [6.07, 6.45) is 3.48. The molecule has 0 aromatic carbocycles. The lowest BCUT2D eigenvalue weighted by atomic mass is 9.93. The van der Waals surface area contributed by atoms with Crippen molar-refractivity contribution in [2.45, 2.75) is 38.6 Å². The van der Waals surface area contributed by atoms with Crippen molar-refractivity contribution >= 4 is 61.4 Å². The highest BCUT2D eigenvalue weighted by Crippen LogP contribution is 2.34. The molecule has 13 heteroatoms. The number of pyridine rings is 2. The number of anilines is 2. The molecule has 0 amide bonds. The molecule has 0 radical (unpaired) electrons. The normalized spacial score (nSPS) is 15.3. The van der Waals surface area contributed by atoms with E-state index in [1.54, 1.807) is 0 Å². The van der Waals surface area contributed by atoms with Crippen LogP contribution in [0.2, 0.25) is 0 Å². The molecule has 3 aromatic rings. The van der Waals surface area contributed by atoms with Crippen molar-refractivity contribution in [3.8, 4) is 28.4 Å². The van der Waals surface area contributed by atoms with Gasteiger partial charge in [0.05, 0.1) is 17.1 Å². The number of hydrogen-bond donors (Lipinski definition) is 3. The summed E-state index contributed by atoms with van der Waals surface area (Å²) in [7, 11) is 0. The summed E-state index contributed by atoms with van der Waals surface area (Å²) in [6, 6.07) is 6.72. The largest absolute Gasteiger partial charge is 0.506 e. The first-order valence-corrected chi connectivity index (χ1v) is 10.3. The zero-order valence-corrected chi connectivity index (χ0v) is 22.5. The van der Waals surface area contributed by atoms with E-state index in [0.29, 0.717) is 17.4 Å². The van der Waals surface area contributed by atoms with Crippen molar-refractivity contribution in [1.29, 1.82) is 0 Å². The van der Waals surface area contributed by atoms with Crippen molar-refractivity contribution in [2.75, 3.05) is 24.6 Å². The van der Waals surface area contributed by atoms with Crippen molar-refractivity contribution < 1.29 is 9.50 Å². The van der Waals surface area contributed by atoms with E-state index in [0.717, 1.165) is 31.6 Å². The third-order valence-corrected chi connectivity index (χ3v) is 5.67. The van der Waals surface area contributed by atoms with Crippen LogP contribution in [-0.2, 0) is 0 Å². The highest BCUT2D eigenvalue weighted by Gasteiger charge is 2.25. The van der Waals surface area contributed by atoms with E-state index >= 15 is 0 Å². The van der Waals surface area contributed by atoms with Crippen LogP contribution < -0.4 is 11.5 Å². The number of nitrogens with two attached hydrogens (primary N) is 2. The van der Waals surface area contributed by atoms with E-state index in [-0.39, 0.29) is 84.3 Å². The Morgan fingerprint density at radius 2 is 1.74 bits per heavy atom. The van der Waals surface area contributed by atoms with Gasteiger partial charge < -0.3 is 21.5 Å². The van der Waals surface area contributed by atoms with Gasteiger partial charge in [-0.3, -0.25) is 0 Å². The quantitative estimate of drug-likeness (QED) is 0.406. The van der Waals surface area contributed by atoms with Crippen molar-refractivity contribution in [3.63, 3.8) is 0 Å². The van der Waals surface area contributed by atoms with Gasteiger partial charge in [-0.25, -0.2) is 24.3 Å². The van der Waals surface area contributed by atoms with Crippen LogP contribution in [0.1, 0.15) is 38.3 Å². The minimum absolute atomic E-state index is 0. The predicted octanol–water partition coefficient (Wildman–Crippen LogP) is 4.88. The summed E-state index contributed by atoms with van der Waals surface area (Å²) < 4.78 is 14.5. The molecule has 8 nitrogen and oxygen atoms in total. The second-order valence-corrected chi connectivity index (χ2v) is 8.09. The predicted molar refractivity (Wildman–Crippen MR) is 147 cm³/mol. The second-order valence-electron chi connectivity index (χ2n) is 8.09. The molecule has 194 valence electrons. The fourth-order valence-corrected chi connectivity index (χ4v) is 3.98. The highest BCUT2D eigenvalue weighted by molar-refractivity contribution is 5.86. The third kappa shape index (κ3) is 7.17. The van der Waals surface area contributed by atoms with E-state index in [9.17, 15) is 9.50 Å². The number of halogens is 5. The number of hydrogen-bond acceptors (Lipinski definition) is 8. The van der Waals surface area contributed by atoms with Gasteiger partial charge in [0.15, 0.2) is 11.6 Å². The second kappa shape index (κ2) is 13.8. The standard InChI is InChI=1S/C22H26FN7O.4ClH/c1-12(2)30-9-3-4-13(11-30)16-10-17(29-22(25)28-16)20-18(31)6-5-15(27-20)14-7-8-26-21(24)19(14)23;;;;/h5-8,10,12-13,31H,3-4,9,11H2,1-2H3,(H2,24,26)(H2,25,28,29);4*1H. The van der Waals surface area contributed by atoms with Crippen LogP contribution in [-0.4, -0.2) is 49.1 Å². The van der Waals surface area contributed by atoms with E-state index in [1.807, 2.05) is 6.07 Å². The molecule has 1 aliphatic rings. The Morgan fingerprint density at radius 1 is 1.03 bits per heavy atom. The molecule has 1 saturated heterocycles. The van der Waals surface area contributed by atoms with Gasteiger partial charge in [-0.15, -0.1) is 49.6 Å². The van der Waals surface area contributed by atoms with Gasteiger partial charge in [-0.1, -0.05) is 0 Å². The molecule has 1 unspecified atom stereocenters. The van der Waals surface area contributed by atoms with Crippen molar-refractivity contribution in [1.82, 2.24) is 24.8 Å². The molecular formula is C22H30Cl4FN7O. The summed E-state index contributed by atoms with van der Waals surface area (Å²) >= 11 is 0. The lowest BCUT2D eigenvalue weighted by molar-refractivity contribution is 0.166. The maximum absolute atomic E-state index is 14.5. The van der Waals surface area contributed by atoms with Crippen LogP contribution in [0.15, 0.2) is 30.5 Å². The van der Waals surface area contributed by atoms with Gasteiger partial charge in [-0.2, -0.15) is 0 Å². The lowest BCUT2D eigenvalue weighted by Crippen LogP contribution is -2.39. The lowest BCUT2D eigenvalue weighted by Gasteiger charge is -2.35. The molecular weight excluding hydrogens is 539 g/mol. The molecule has 5 N–H and O–H groups in total. The Balaban J connectivity index is 0.00000289. The number of nitrogens with zero attached hydrogens (tertiary/aromatic N) is 5. The molecule has 3 aromatic heterocycles. The summed E-state index contributed by atoms with van der Waals surface area (Å²) in [5.74, 6) is -0.634. The van der Waals surface area contributed by atoms with E-state index in [1.165, 1.54) is 24.4 Å². The number of aromatic nitrogens is 4. The average Bonchev–Trinajstić information content (AvgIpc) is 2.76. The smallest absolute Gasteiger partial charge is 0.220 e. The highest BCUT2D eigenvalue weighted by atomic mass is 35.5.